The summed E-state index contributed by atoms with van der Waals surface area (Å²) < 4.78 is 16.9. The molecule has 2 spiro atoms. The summed E-state index contributed by atoms with van der Waals surface area (Å²) >= 11 is 0. The normalized spacial score (nSPS) is 23.2. The largest absolute Gasteiger partial charge is 0.497 e. The van der Waals surface area contributed by atoms with Crippen molar-refractivity contribution in [2.24, 2.45) is 0 Å². The Bertz CT molecular complexity index is 1480. The average Bonchev–Trinajstić information content (AvgIpc) is 3.48. The zero-order valence-corrected chi connectivity index (χ0v) is 19.4. The van der Waals surface area contributed by atoms with Crippen LogP contribution in [0.15, 0.2) is 84.3 Å². The molecule has 2 atom stereocenters. The molecule has 0 bridgehead atoms. The number of nitrogens with one attached hydrogen (secondary N) is 3. The van der Waals surface area contributed by atoms with Crippen LogP contribution in [-0.2, 0) is 34.9 Å². The molecule has 3 N–H and O–H groups in total. The molecule has 0 fully saturated rings. The number of esters is 1. The van der Waals surface area contributed by atoms with Crippen LogP contribution in [0.3, 0.4) is 0 Å². The van der Waals surface area contributed by atoms with E-state index in [1.165, 1.54) is 7.11 Å². The molecule has 0 saturated heterocycles. The second-order valence-electron chi connectivity index (χ2n) is 8.58. The summed E-state index contributed by atoms with van der Waals surface area (Å²) in [6, 6.07) is 20.8. The lowest BCUT2D eigenvalue weighted by Gasteiger charge is -2.36. The van der Waals surface area contributed by atoms with Gasteiger partial charge in [0, 0.05) is 28.2 Å². The first kappa shape index (κ1) is 21.7. The maximum absolute atomic E-state index is 14.0. The molecule has 3 aliphatic rings. The SMILES string of the molecule is COC(=O)C1=C(Nc2ccc(OC)cc2)O[C@@]2(C(=O)Nc3ccccc32)[C@@]12C(=O)Nc1ccccc12. The summed E-state index contributed by atoms with van der Waals surface area (Å²) in [5.41, 5.74) is -1.46. The Morgan fingerprint density at radius 1 is 0.833 bits per heavy atom. The molecule has 3 aliphatic heterocycles. The van der Waals surface area contributed by atoms with E-state index < -0.39 is 28.8 Å². The van der Waals surface area contributed by atoms with E-state index in [0.717, 1.165) is 0 Å². The molecular formula is C27H21N3O6. The van der Waals surface area contributed by atoms with Crippen molar-refractivity contribution in [3.05, 3.63) is 95.4 Å². The van der Waals surface area contributed by atoms with E-state index in [1.54, 1.807) is 79.9 Å². The van der Waals surface area contributed by atoms with E-state index in [0.29, 0.717) is 33.9 Å². The monoisotopic (exact) mass is 483 g/mol. The predicted octanol–water partition coefficient (Wildman–Crippen LogP) is 3.26. The molecule has 180 valence electrons. The highest BCUT2D eigenvalue weighted by molar-refractivity contribution is 6.22. The van der Waals surface area contributed by atoms with Crippen LogP contribution < -0.4 is 20.7 Å². The summed E-state index contributed by atoms with van der Waals surface area (Å²) in [6.07, 6.45) is 0. The van der Waals surface area contributed by atoms with Crippen molar-refractivity contribution in [1.29, 1.82) is 0 Å². The third kappa shape index (κ3) is 2.56. The number of ether oxygens (including phenoxy) is 3. The predicted molar refractivity (Wildman–Crippen MR) is 130 cm³/mol. The minimum absolute atomic E-state index is 0.0503. The number of rotatable bonds is 4. The van der Waals surface area contributed by atoms with Crippen molar-refractivity contribution in [2.75, 3.05) is 30.2 Å². The van der Waals surface area contributed by atoms with Gasteiger partial charge in [0.25, 0.3) is 5.91 Å². The molecular weight excluding hydrogens is 462 g/mol. The van der Waals surface area contributed by atoms with Gasteiger partial charge in [-0.3, -0.25) is 9.59 Å². The molecule has 3 heterocycles. The van der Waals surface area contributed by atoms with Crippen LogP contribution in [0.2, 0.25) is 0 Å². The van der Waals surface area contributed by atoms with Crippen molar-refractivity contribution >= 4 is 34.8 Å². The number of carbonyl (C=O) groups is 3. The first-order valence-electron chi connectivity index (χ1n) is 11.2. The van der Waals surface area contributed by atoms with Crippen LogP contribution in [0.25, 0.3) is 0 Å². The van der Waals surface area contributed by atoms with Crippen molar-refractivity contribution in [3.8, 4) is 5.75 Å². The lowest BCUT2D eigenvalue weighted by Crippen LogP contribution is -2.57. The second kappa shape index (κ2) is 7.61. The Morgan fingerprint density at radius 2 is 1.44 bits per heavy atom. The van der Waals surface area contributed by atoms with Crippen LogP contribution in [0.5, 0.6) is 5.75 Å². The van der Waals surface area contributed by atoms with E-state index in [4.69, 9.17) is 14.2 Å². The van der Waals surface area contributed by atoms with Gasteiger partial charge in [0.15, 0.2) is 5.41 Å². The number of amides is 2. The Hall–Kier alpha value is -4.79. The zero-order valence-electron chi connectivity index (χ0n) is 19.4. The standard InChI is InChI=1S/C27H21N3O6/c1-34-16-13-11-15(12-14-16)28-22-21(23(31)35-2)26(17-7-3-5-9-19(17)29-24(26)32)27(36-22)18-8-4-6-10-20(18)30-25(27)33/h3-14,28H,1-2H3,(H,29,32)(H,30,33)/t26-,27+/m1/s1. The third-order valence-corrected chi connectivity index (χ3v) is 6.92. The van der Waals surface area contributed by atoms with Gasteiger partial charge in [-0.2, -0.15) is 0 Å². The van der Waals surface area contributed by atoms with Gasteiger partial charge in [0.1, 0.15) is 11.3 Å². The molecule has 9 heteroatoms. The number of anilines is 3. The number of hydrogen-bond donors (Lipinski definition) is 3. The van der Waals surface area contributed by atoms with Gasteiger partial charge in [-0.05, 0) is 36.4 Å². The third-order valence-electron chi connectivity index (χ3n) is 6.92. The van der Waals surface area contributed by atoms with Gasteiger partial charge >= 0.3 is 5.97 Å². The van der Waals surface area contributed by atoms with Gasteiger partial charge in [-0.25, -0.2) is 4.79 Å². The van der Waals surface area contributed by atoms with Crippen LogP contribution in [-0.4, -0.2) is 32.0 Å². The van der Waals surface area contributed by atoms with Gasteiger partial charge in [-0.1, -0.05) is 36.4 Å². The highest BCUT2D eigenvalue weighted by Gasteiger charge is 2.77. The first-order valence-corrected chi connectivity index (χ1v) is 11.2. The van der Waals surface area contributed by atoms with E-state index >= 15 is 0 Å². The van der Waals surface area contributed by atoms with Crippen LogP contribution in [0.1, 0.15) is 11.1 Å². The summed E-state index contributed by atoms with van der Waals surface area (Å²) in [7, 11) is 2.78. The second-order valence-corrected chi connectivity index (χ2v) is 8.58. The van der Waals surface area contributed by atoms with Gasteiger partial charge < -0.3 is 30.2 Å². The van der Waals surface area contributed by atoms with Crippen molar-refractivity contribution in [2.45, 2.75) is 11.0 Å². The maximum atomic E-state index is 14.0. The molecule has 0 unspecified atom stereocenters. The van der Waals surface area contributed by atoms with E-state index in [2.05, 4.69) is 16.0 Å². The minimum Gasteiger partial charge on any atom is -0.497 e. The number of carbonyl (C=O) groups excluding carboxylic acids is 3. The topological polar surface area (TPSA) is 115 Å². The molecule has 0 aliphatic carbocycles. The maximum Gasteiger partial charge on any atom is 0.340 e. The molecule has 2 amide bonds. The van der Waals surface area contributed by atoms with Crippen LogP contribution in [0.4, 0.5) is 17.1 Å². The van der Waals surface area contributed by atoms with E-state index in [1.807, 2.05) is 0 Å². The number of fused-ring (bicyclic) bond motifs is 5. The van der Waals surface area contributed by atoms with Crippen LogP contribution >= 0.6 is 0 Å². The van der Waals surface area contributed by atoms with Gasteiger partial charge in [-0.15, -0.1) is 0 Å². The molecule has 6 rings (SSSR count). The average molecular weight is 483 g/mol. The summed E-state index contributed by atoms with van der Waals surface area (Å²) in [4.78, 5) is 41.4. The van der Waals surface area contributed by atoms with Crippen molar-refractivity contribution < 1.29 is 28.6 Å². The Morgan fingerprint density at radius 3 is 2.11 bits per heavy atom. The summed E-state index contributed by atoms with van der Waals surface area (Å²) in [6.45, 7) is 0. The molecule has 3 aromatic carbocycles. The Kier molecular flexibility index (Phi) is 4.59. The van der Waals surface area contributed by atoms with Gasteiger partial charge in [0.05, 0.1) is 14.2 Å². The van der Waals surface area contributed by atoms with Gasteiger partial charge in [0.2, 0.25) is 17.4 Å². The fraction of sp³-hybridized carbons (Fsp3) is 0.148. The quantitative estimate of drug-likeness (QED) is 0.488. The molecule has 36 heavy (non-hydrogen) atoms. The molecule has 0 radical (unpaired) electrons. The fourth-order valence-corrected chi connectivity index (χ4v) is 5.43. The summed E-state index contributed by atoms with van der Waals surface area (Å²) in [5, 5.41) is 8.80. The van der Waals surface area contributed by atoms with E-state index in [-0.39, 0.29) is 11.5 Å². The number of benzene rings is 3. The number of hydrogen-bond acceptors (Lipinski definition) is 7. The first-order chi connectivity index (χ1) is 17.5. The zero-order chi connectivity index (χ0) is 25.1. The van der Waals surface area contributed by atoms with Crippen molar-refractivity contribution in [3.63, 3.8) is 0 Å². The lowest BCUT2D eigenvalue weighted by molar-refractivity contribution is -0.147. The minimum atomic E-state index is -1.90. The highest BCUT2D eigenvalue weighted by atomic mass is 16.5. The van der Waals surface area contributed by atoms with E-state index in [9.17, 15) is 14.4 Å². The highest BCUT2D eigenvalue weighted by Crippen LogP contribution is 2.64. The smallest absolute Gasteiger partial charge is 0.340 e. The molecule has 0 aromatic heterocycles. The number of methoxy groups -OCH3 is 2. The Balaban J connectivity index is 1.66. The molecule has 3 aromatic rings. The molecule has 9 nitrogen and oxygen atoms in total. The number of para-hydroxylation sites is 2. The Labute approximate surface area is 206 Å². The fourth-order valence-electron chi connectivity index (χ4n) is 5.43. The lowest BCUT2D eigenvalue weighted by atomic mass is 9.62. The molecule has 0 saturated carbocycles. The summed E-state index contributed by atoms with van der Waals surface area (Å²) in [5.74, 6) is -1.35. The van der Waals surface area contributed by atoms with Crippen molar-refractivity contribution in [1.82, 2.24) is 0 Å². The van der Waals surface area contributed by atoms with Crippen LogP contribution in [0, 0.1) is 0 Å².